The summed E-state index contributed by atoms with van der Waals surface area (Å²) in [5.74, 6) is -1.95. The number of nitrogens with one attached hydrogen (secondary N) is 2. The van der Waals surface area contributed by atoms with Crippen molar-refractivity contribution in [3.05, 3.63) is 71.5 Å². The van der Waals surface area contributed by atoms with Crippen molar-refractivity contribution in [2.45, 2.75) is 104 Å². The topological polar surface area (TPSA) is 168 Å². The monoisotopic (exact) mass is 1030 g/mol. The second-order valence-electron chi connectivity index (χ2n) is 19.5. The number of nitrogens with zero attached hydrogens (tertiary/aromatic N) is 5. The third-order valence-electron chi connectivity index (χ3n) is 13.7. The number of rotatable bonds is 10. The molecule has 0 saturated carbocycles. The van der Waals surface area contributed by atoms with E-state index >= 15 is 0 Å². The Hall–Kier alpha value is -3.95. The molecule has 69 heavy (non-hydrogen) atoms. The molecule has 0 unspecified atom stereocenters. The molecule has 0 spiro atoms. The molecule has 6 heterocycles. The summed E-state index contributed by atoms with van der Waals surface area (Å²) < 4.78 is 19.4. The standard InChI is InChI=1S/C50H65N7O8.4H2S/c1-8-56-43-12-11-32-22-38(43)39(45(56)40-24-51-15-13-34(40)26-63-7)23-50(4,5)29-65-49(62)41-10-9-16-57(53-41)48(61)42(20-31-18-35(32)21-37(58)19-31)52-46(59)44(30(2)3)54(6)47(60)33-14-17-55(25-33)36-27-64-28-36;;;;/h11-13,15,18-19,21-22,24,30,33,36,41-42,44,53,58H,8-10,14,16-17,20,23,25-29H2,1-7H3,(H,52,59);4*1H2/t33-,41-,42-,44-;;;;/m0..../s1. The van der Waals surface area contributed by atoms with Gasteiger partial charge in [0, 0.05) is 74.5 Å². The lowest BCUT2D eigenvalue weighted by Gasteiger charge is -2.37. The van der Waals surface area contributed by atoms with Crippen LogP contribution < -0.4 is 10.7 Å². The number of benzene rings is 2. The maximum atomic E-state index is 14.7. The maximum absolute atomic E-state index is 14.7. The van der Waals surface area contributed by atoms with Crippen LogP contribution in [0, 0.1) is 17.3 Å². The lowest BCUT2D eigenvalue weighted by molar-refractivity contribution is -0.155. The van der Waals surface area contributed by atoms with Crippen LogP contribution >= 0.6 is 54.0 Å². The van der Waals surface area contributed by atoms with Gasteiger partial charge in [-0.3, -0.25) is 34.1 Å². The highest BCUT2D eigenvalue weighted by Crippen LogP contribution is 2.41. The quantitative estimate of drug-likeness (QED) is 0.171. The van der Waals surface area contributed by atoms with E-state index in [-0.39, 0.29) is 90.5 Å². The zero-order valence-corrected chi connectivity index (χ0v) is 44.9. The molecule has 380 valence electrons. The molecule has 3 saturated heterocycles. The number of hydrogen-bond acceptors (Lipinski definition) is 11. The van der Waals surface area contributed by atoms with E-state index in [4.69, 9.17) is 14.2 Å². The molecular formula is C50H73N7O8S4. The first-order chi connectivity index (χ1) is 31.2. The Morgan fingerprint density at radius 2 is 1.78 bits per heavy atom. The Labute approximate surface area is 434 Å². The Bertz CT molecular complexity index is 2450. The molecule has 4 aliphatic rings. The minimum Gasteiger partial charge on any atom is -0.508 e. The van der Waals surface area contributed by atoms with Crippen molar-refractivity contribution < 1.29 is 38.5 Å². The molecule has 2 aromatic carbocycles. The van der Waals surface area contributed by atoms with Crippen molar-refractivity contribution in [3.8, 4) is 28.1 Å². The summed E-state index contributed by atoms with van der Waals surface area (Å²) in [6.45, 7) is 14.4. The Morgan fingerprint density at radius 3 is 2.46 bits per heavy atom. The molecular weight excluding hydrogens is 955 g/mol. The van der Waals surface area contributed by atoms with Crippen LogP contribution in [0.2, 0.25) is 0 Å². The lowest BCUT2D eigenvalue weighted by Crippen LogP contribution is -2.62. The number of aromatic nitrogens is 2. The van der Waals surface area contributed by atoms with Crippen molar-refractivity contribution >= 4 is 88.6 Å². The summed E-state index contributed by atoms with van der Waals surface area (Å²) in [6, 6.07) is 11.1. The van der Waals surface area contributed by atoms with Crippen LogP contribution in [0.3, 0.4) is 0 Å². The fourth-order valence-corrected chi connectivity index (χ4v) is 10.3. The predicted octanol–water partition coefficient (Wildman–Crippen LogP) is 5.55. The minimum absolute atomic E-state index is 0. The number of methoxy groups -OCH3 is 1. The summed E-state index contributed by atoms with van der Waals surface area (Å²) in [4.78, 5) is 65.6. The van der Waals surface area contributed by atoms with E-state index in [0.29, 0.717) is 76.7 Å². The van der Waals surface area contributed by atoms with Gasteiger partial charge in [0.05, 0.1) is 44.1 Å². The SMILES string of the molecule is CCn1c(-c2cnccc2COC)c2c3cc(ccc31)-c1cc(O)cc(c1)C[C@H](NC(=O)[C@H](C(C)C)N(C)C(=O)[C@H]1CCN(C3COC3)C1)C(=O)N1CCC[C@H](N1)C(=O)OCC(C)(C)C2.S.S.S.S. The van der Waals surface area contributed by atoms with Crippen molar-refractivity contribution in [1.29, 1.82) is 0 Å². The fourth-order valence-electron chi connectivity index (χ4n) is 10.3. The van der Waals surface area contributed by atoms with Crippen molar-refractivity contribution in [1.82, 2.24) is 35.1 Å². The van der Waals surface area contributed by atoms with Crippen LogP contribution in [0.15, 0.2) is 54.9 Å². The Kier molecular flexibility index (Phi) is 20.4. The number of ether oxygens (including phenoxy) is 3. The average Bonchev–Trinajstić information content (AvgIpc) is 3.86. The number of likely N-dealkylation sites (N-methyl/N-ethyl adjacent to an activating group) is 1. The molecule has 6 bridgehead atoms. The number of cyclic esters (lactones) is 1. The summed E-state index contributed by atoms with van der Waals surface area (Å²) in [7, 11) is 3.35. The van der Waals surface area contributed by atoms with Crippen LogP contribution in [-0.2, 0) is 59.4 Å². The number of phenolic OH excluding ortho intramolecular Hbond substituents is 1. The Balaban J connectivity index is 0.00000259. The first-order valence-corrected chi connectivity index (χ1v) is 23.2. The Morgan fingerprint density at radius 1 is 1.03 bits per heavy atom. The van der Waals surface area contributed by atoms with Gasteiger partial charge >= 0.3 is 5.97 Å². The van der Waals surface area contributed by atoms with Gasteiger partial charge in [-0.2, -0.15) is 54.0 Å². The highest BCUT2D eigenvalue weighted by Gasteiger charge is 2.41. The number of hydrogen-bond donors (Lipinski definition) is 3. The molecule has 3 amide bonds. The smallest absolute Gasteiger partial charge is 0.324 e. The highest BCUT2D eigenvalue weighted by atomic mass is 32.1. The van der Waals surface area contributed by atoms with Gasteiger partial charge in [-0.25, -0.2) is 5.43 Å². The largest absolute Gasteiger partial charge is 0.508 e. The van der Waals surface area contributed by atoms with E-state index in [0.717, 1.165) is 51.0 Å². The van der Waals surface area contributed by atoms with Gasteiger partial charge in [-0.15, -0.1) is 0 Å². The number of carbonyl (C=O) groups is 4. The number of hydrazine groups is 1. The van der Waals surface area contributed by atoms with E-state index in [1.54, 1.807) is 37.4 Å². The highest BCUT2D eigenvalue weighted by molar-refractivity contribution is 7.59. The van der Waals surface area contributed by atoms with Crippen LogP contribution in [0.1, 0.15) is 70.6 Å². The molecule has 2 aromatic heterocycles. The van der Waals surface area contributed by atoms with Crippen LogP contribution in [0.25, 0.3) is 33.3 Å². The van der Waals surface area contributed by atoms with E-state index in [1.807, 2.05) is 38.2 Å². The van der Waals surface area contributed by atoms with Gasteiger partial charge in [0.1, 0.15) is 23.9 Å². The third kappa shape index (κ3) is 12.4. The number of likely N-dealkylation sites (tertiary alicyclic amines) is 1. The number of amides is 3. The van der Waals surface area contributed by atoms with Crippen molar-refractivity contribution in [2.24, 2.45) is 17.3 Å². The molecule has 4 aromatic rings. The second-order valence-corrected chi connectivity index (χ2v) is 19.5. The fraction of sp³-hybridized carbons (Fsp3) is 0.540. The van der Waals surface area contributed by atoms with E-state index in [2.05, 4.69) is 58.1 Å². The number of esters is 1. The summed E-state index contributed by atoms with van der Waals surface area (Å²) in [5, 5.41) is 16.8. The normalized spacial score (nSPS) is 21.0. The zero-order valence-electron chi connectivity index (χ0n) is 40.9. The molecule has 8 rings (SSSR count). The first-order valence-electron chi connectivity index (χ1n) is 23.2. The van der Waals surface area contributed by atoms with Crippen LogP contribution in [-0.4, -0.2) is 131 Å². The molecule has 0 aliphatic carbocycles. The molecule has 19 heteroatoms. The summed E-state index contributed by atoms with van der Waals surface area (Å²) in [6.07, 6.45) is 5.95. The van der Waals surface area contributed by atoms with Crippen LogP contribution in [0.5, 0.6) is 5.75 Å². The molecule has 0 radical (unpaired) electrons. The second kappa shape index (κ2) is 24.4. The van der Waals surface area contributed by atoms with Gasteiger partial charge < -0.3 is 34.1 Å². The van der Waals surface area contributed by atoms with E-state index in [9.17, 15) is 24.3 Å². The molecule has 3 N–H and O–H groups in total. The summed E-state index contributed by atoms with van der Waals surface area (Å²) in [5.41, 5.74) is 9.93. The van der Waals surface area contributed by atoms with E-state index < -0.39 is 41.3 Å². The molecule has 3 fully saturated rings. The minimum atomic E-state index is -1.11. The summed E-state index contributed by atoms with van der Waals surface area (Å²) >= 11 is 0. The van der Waals surface area contributed by atoms with E-state index in [1.165, 1.54) is 5.01 Å². The lowest BCUT2D eigenvalue weighted by atomic mass is 9.84. The number of aryl methyl sites for hydroxylation is 1. The van der Waals surface area contributed by atoms with Crippen molar-refractivity contribution in [2.75, 3.05) is 53.6 Å². The van der Waals surface area contributed by atoms with Crippen molar-refractivity contribution in [3.63, 3.8) is 0 Å². The average molecular weight is 1030 g/mol. The maximum Gasteiger partial charge on any atom is 0.324 e. The van der Waals surface area contributed by atoms with Gasteiger partial charge in [0.2, 0.25) is 11.8 Å². The van der Waals surface area contributed by atoms with Gasteiger partial charge in [0.15, 0.2) is 0 Å². The number of aromatic hydroxyl groups is 1. The van der Waals surface area contributed by atoms with Gasteiger partial charge in [0.25, 0.3) is 5.91 Å². The number of fused-ring (bicyclic) bond motifs is 6. The molecule has 15 nitrogen and oxygen atoms in total. The predicted molar refractivity (Wildman–Crippen MR) is 288 cm³/mol. The molecule has 4 atom stereocenters. The van der Waals surface area contributed by atoms with Gasteiger partial charge in [-0.1, -0.05) is 39.8 Å². The molecule has 4 aliphatic heterocycles. The third-order valence-corrected chi connectivity index (χ3v) is 13.7. The first kappa shape index (κ1) is 57.6. The van der Waals surface area contributed by atoms with Gasteiger partial charge in [-0.05, 0) is 103 Å². The number of pyridine rings is 1. The number of carbonyl (C=O) groups excluding carboxylic acids is 4. The van der Waals surface area contributed by atoms with Crippen LogP contribution in [0.4, 0.5) is 0 Å². The number of phenols is 1. The zero-order chi connectivity index (χ0) is 46.2.